The van der Waals surface area contributed by atoms with Gasteiger partial charge in [0.2, 0.25) is 5.16 Å². The first-order valence-electron chi connectivity index (χ1n) is 5.17. The van der Waals surface area contributed by atoms with Gasteiger partial charge in [0.25, 0.3) is 5.91 Å². The average Bonchev–Trinajstić information content (AvgIpc) is 2.81. The van der Waals surface area contributed by atoms with Crippen LogP contribution in [0.5, 0.6) is 0 Å². The molecule has 0 aromatic carbocycles. The number of thioether (sulfide) groups is 1. The number of carbonyl (C=O) groups excluding carboxylic acids is 1. The van der Waals surface area contributed by atoms with Gasteiger partial charge < -0.3 is 0 Å². The van der Waals surface area contributed by atoms with Crippen LogP contribution in [-0.4, -0.2) is 26.1 Å². The summed E-state index contributed by atoms with van der Waals surface area (Å²) in [6.45, 7) is 1.83. The predicted molar refractivity (Wildman–Crippen MR) is 66.6 cm³/mol. The first kappa shape index (κ1) is 12.5. The van der Waals surface area contributed by atoms with E-state index in [-0.39, 0.29) is 0 Å². The van der Waals surface area contributed by atoms with E-state index in [0.717, 1.165) is 11.5 Å². The molecule has 0 saturated carbocycles. The smallest absolute Gasteiger partial charge is 0.283 e. The van der Waals surface area contributed by atoms with E-state index in [1.54, 1.807) is 12.1 Å². The van der Waals surface area contributed by atoms with E-state index in [0.29, 0.717) is 16.6 Å². The van der Waals surface area contributed by atoms with Crippen LogP contribution in [0.3, 0.4) is 0 Å². The minimum atomic E-state index is -0.407. The molecule has 2 heterocycles. The van der Waals surface area contributed by atoms with Gasteiger partial charge in [-0.1, -0.05) is 17.8 Å². The number of hydrogen-bond acceptors (Lipinski definition) is 6. The normalized spacial score (nSPS) is 10.3. The third-order valence-electron chi connectivity index (χ3n) is 2.10. The van der Waals surface area contributed by atoms with Crippen molar-refractivity contribution >= 4 is 17.7 Å². The zero-order valence-corrected chi connectivity index (χ0v) is 10.5. The van der Waals surface area contributed by atoms with Crippen LogP contribution in [0.4, 0.5) is 0 Å². The molecule has 18 heavy (non-hydrogen) atoms. The quantitative estimate of drug-likeness (QED) is 0.319. The number of aryl methyl sites for hydroxylation is 1. The number of amides is 1. The minimum Gasteiger partial charge on any atom is -0.289 e. The highest BCUT2D eigenvalue weighted by Gasteiger charge is 2.07. The number of nitrogen functional groups attached to an aromatic ring is 1. The van der Waals surface area contributed by atoms with Crippen LogP contribution in [0, 0.1) is 6.92 Å². The first-order chi connectivity index (χ1) is 8.69. The SMILES string of the molecule is Cc1nc(SCc2cccc(C(=O)NN)n2)n[nH]1. The average molecular weight is 264 g/mol. The molecule has 94 valence electrons. The Labute approximate surface area is 108 Å². The van der Waals surface area contributed by atoms with Gasteiger partial charge in [0.1, 0.15) is 11.5 Å². The van der Waals surface area contributed by atoms with E-state index in [1.807, 2.05) is 18.4 Å². The number of aromatic amines is 1. The van der Waals surface area contributed by atoms with Gasteiger partial charge >= 0.3 is 0 Å². The van der Waals surface area contributed by atoms with E-state index in [2.05, 4.69) is 20.2 Å². The van der Waals surface area contributed by atoms with Crippen LogP contribution < -0.4 is 11.3 Å². The van der Waals surface area contributed by atoms with Crippen molar-refractivity contribution in [1.29, 1.82) is 0 Å². The number of pyridine rings is 1. The van der Waals surface area contributed by atoms with Crippen molar-refractivity contribution in [3.63, 3.8) is 0 Å². The number of hydrazine groups is 1. The lowest BCUT2D eigenvalue weighted by Crippen LogP contribution is -2.30. The van der Waals surface area contributed by atoms with Gasteiger partial charge in [-0.25, -0.2) is 15.8 Å². The number of nitrogens with one attached hydrogen (secondary N) is 2. The lowest BCUT2D eigenvalue weighted by Gasteiger charge is -2.01. The number of hydrogen-bond donors (Lipinski definition) is 3. The van der Waals surface area contributed by atoms with Crippen molar-refractivity contribution in [2.45, 2.75) is 17.8 Å². The zero-order chi connectivity index (χ0) is 13.0. The van der Waals surface area contributed by atoms with E-state index in [4.69, 9.17) is 5.84 Å². The summed E-state index contributed by atoms with van der Waals surface area (Å²) < 4.78 is 0. The highest BCUT2D eigenvalue weighted by Crippen LogP contribution is 2.17. The number of carbonyl (C=O) groups is 1. The van der Waals surface area contributed by atoms with Crippen LogP contribution in [0.2, 0.25) is 0 Å². The van der Waals surface area contributed by atoms with Crippen molar-refractivity contribution in [1.82, 2.24) is 25.6 Å². The Kier molecular flexibility index (Phi) is 3.90. The van der Waals surface area contributed by atoms with Crippen LogP contribution in [0.25, 0.3) is 0 Å². The number of H-pyrrole nitrogens is 1. The summed E-state index contributed by atoms with van der Waals surface area (Å²) in [5, 5.41) is 7.42. The van der Waals surface area contributed by atoms with E-state index in [1.165, 1.54) is 11.8 Å². The Morgan fingerprint density at radius 1 is 1.50 bits per heavy atom. The van der Waals surface area contributed by atoms with Crippen LogP contribution >= 0.6 is 11.8 Å². The van der Waals surface area contributed by atoms with Crippen LogP contribution in [0.15, 0.2) is 23.4 Å². The van der Waals surface area contributed by atoms with Gasteiger partial charge in [-0.2, -0.15) is 0 Å². The van der Waals surface area contributed by atoms with E-state index >= 15 is 0 Å². The summed E-state index contributed by atoms with van der Waals surface area (Å²) in [7, 11) is 0. The summed E-state index contributed by atoms with van der Waals surface area (Å²) in [5.74, 6) is 6.00. The Morgan fingerprint density at radius 2 is 2.33 bits per heavy atom. The first-order valence-corrected chi connectivity index (χ1v) is 6.16. The van der Waals surface area contributed by atoms with Gasteiger partial charge in [-0.3, -0.25) is 15.3 Å². The number of rotatable bonds is 4. The maximum atomic E-state index is 11.3. The van der Waals surface area contributed by atoms with Crippen LogP contribution in [0.1, 0.15) is 22.0 Å². The molecule has 8 heteroatoms. The zero-order valence-electron chi connectivity index (χ0n) is 9.67. The van der Waals surface area contributed by atoms with Crippen molar-refractivity contribution < 1.29 is 4.79 Å². The molecule has 0 aliphatic heterocycles. The molecule has 0 bridgehead atoms. The number of nitrogens with two attached hydrogens (primary N) is 1. The van der Waals surface area contributed by atoms with Crippen LogP contribution in [-0.2, 0) is 5.75 Å². The van der Waals surface area contributed by atoms with E-state index < -0.39 is 5.91 Å². The molecule has 0 aliphatic carbocycles. The topological polar surface area (TPSA) is 110 Å². The highest BCUT2D eigenvalue weighted by molar-refractivity contribution is 7.98. The van der Waals surface area contributed by atoms with Crippen molar-refractivity contribution in [2.75, 3.05) is 0 Å². The molecule has 0 spiro atoms. The summed E-state index contributed by atoms with van der Waals surface area (Å²) in [6.07, 6.45) is 0. The summed E-state index contributed by atoms with van der Waals surface area (Å²) >= 11 is 1.44. The molecule has 2 rings (SSSR count). The molecule has 0 fully saturated rings. The molecule has 0 aliphatic rings. The van der Waals surface area contributed by atoms with Gasteiger partial charge in [0, 0.05) is 5.75 Å². The van der Waals surface area contributed by atoms with Crippen molar-refractivity contribution in [3.8, 4) is 0 Å². The molecule has 0 unspecified atom stereocenters. The van der Waals surface area contributed by atoms with Crippen molar-refractivity contribution in [2.24, 2.45) is 5.84 Å². The van der Waals surface area contributed by atoms with Crippen molar-refractivity contribution in [3.05, 3.63) is 35.4 Å². The minimum absolute atomic E-state index is 0.293. The highest BCUT2D eigenvalue weighted by atomic mass is 32.2. The fourth-order valence-electron chi connectivity index (χ4n) is 1.29. The Bertz CT molecular complexity index is 555. The van der Waals surface area contributed by atoms with Gasteiger partial charge in [-0.05, 0) is 19.1 Å². The molecule has 1 amide bonds. The third kappa shape index (κ3) is 3.05. The third-order valence-corrected chi connectivity index (χ3v) is 2.98. The summed E-state index contributed by atoms with van der Waals surface area (Å²) in [4.78, 5) is 19.7. The molecule has 7 nitrogen and oxygen atoms in total. The lowest BCUT2D eigenvalue weighted by atomic mass is 10.3. The van der Waals surface area contributed by atoms with E-state index in [9.17, 15) is 4.79 Å². The maximum Gasteiger partial charge on any atom is 0.283 e. The second-order valence-corrected chi connectivity index (χ2v) is 4.42. The second kappa shape index (κ2) is 5.61. The molecular weight excluding hydrogens is 252 g/mol. The Balaban J connectivity index is 2.03. The molecule has 2 aromatic rings. The molecule has 0 radical (unpaired) electrons. The van der Waals surface area contributed by atoms with Gasteiger partial charge in [0.15, 0.2) is 0 Å². The monoisotopic (exact) mass is 264 g/mol. The summed E-state index contributed by atoms with van der Waals surface area (Å²) in [5.41, 5.74) is 3.11. The molecule has 0 saturated heterocycles. The number of nitrogens with zero attached hydrogens (tertiary/aromatic N) is 3. The number of aromatic nitrogens is 4. The van der Waals surface area contributed by atoms with Gasteiger partial charge in [0.05, 0.1) is 5.69 Å². The lowest BCUT2D eigenvalue weighted by molar-refractivity contribution is 0.0948. The molecule has 2 aromatic heterocycles. The fraction of sp³-hybridized carbons (Fsp3) is 0.200. The standard InChI is InChI=1S/C10H12N6OS/c1-6-12-10(16-15-6)18-5-7-3-2-4-8(13-7)9(17)14-11/h2-4H,5,11H2,1H3,(H,14,17)(H,12,15,16). The second-order valence-electron chi connectivity index (χ2n) is 3.48. The molecule has 0 atom stereocenters. The predicted octanol–water partition coefficient (Wildman–Crippen LogP) is 0.404. The largest absolute Gasteiger partial charge is 0.289 e. The fourth-order valence-corrected chi connectivity index (χ4v) is 2.04. The maximum absolute atomic E-state index is 11.3. The molecular formula is C10H12N6OS. The molecule has 4 N–H and O–H groups in total. The van der Waals surface area contributed by atoms with Gasteiger partial charge in [-0.15, -0.1) is 5.10 Å². The Morgan fingerprint density at radius 3 is 3.00 bits per heavy atom. The Hall–Kier alpha value is -1.93. The summed E-state index contributed by atoms with van der Waals surface area (Å²) in [6, 6.07) is 5.20.